The van der Waals surface area contributed by atoms with Crippen molar-refractivity contribution in [3.05, 3.63) is 70.0 Å². The molecule has 8 heteroatoms. The highest BCUT2D eigenvalue weighted by Gasteiger charge is 2.17. The van der Waals surface area contributed by atoms with Gasteiger partial charge in [0.2, 0.25) is 6.79 Å². The van der Waals surface area contributed by atoms with Crippen molar-refractivity contribution >= 4 is 28.2 Å². The highest BCUT2D eigenvalue weighted by molar-refractivity contribution is 7.80. The fourth-order valence-electron chi connectivity index (χ4n) is 3.49. The lowest BCUT2D eigenvalue weighted by Gasteiger charge is -2.26. The summed E-state index contributed by atoms with van der Waals surface area (Å²) in [5.74, 6) is 1.32. The zero-order chi connectivity index (χ0) is 21.6. The van der Waals surface area contributed by atoms with Crippen LogP contribution < -0.4 is 20.3 Å². The second-order valence-electron chi connectivity index (χ2n) is 7.34. The van der Waals surface area contributed by atoms with Gasteiger partial charge in [0.1, 0.15) is 0 Å². The number of methoxy groups -OCH3 is 1. The molecule has 0 atom stereocenters. The number of ether oxygens (including phenoxy) is 3. The Morgan fingerprint density at radius 3 is 2.71 bits per heavy atom. The summed E-state index contributed by atoms with van der Waals surface area (Å²) in [6, 6.07) is 15.6. The average molecular weight is 440 g/mol. The summed E-state index contributed by atoms with van der Waals surface area (Å²) in [6.45, 7) is 2.53. The molecule has 0 bridgehead atoms. The molecule has 0 unspecified atom stereocenters. The number of thiocarbonyl (C=S) groups is 1. The van der Waals surface area contributed by atoms with E-state index in [0.717, 1.165) is 17.4 Å². The van der Waals surface area contributed by atoms with Gasteiger partial charge in [-0.3, -0.25) is 4.79 Å². The number of hydrogen-bond acceptors (Lipinski definition) is 5. The maximum atomic E-state index is 12.8. The molecule has 1 aromatic heterocycles. The number of nitrogens with one attached hydrogen (secondary N) is 2. The fraction of sp³-hybridized carbons (Fsp3) is 0.304. The lowest BCUT2D eigenvalue weighted by Crippen LogP contribution is -2.40. The molecule has 0 saturated carbocycles. The van der Waals surface area contributed by atoms with Crippen molar-refractivity contribution in [1.29, 1.82) is 0 Å². The van der Waals surface area contributed by atoms with E-state index in [0.29, 0.717) is 53.9 Å². The first-order valence-electron chi connectivity index (χ1n) is 10.2. The van der Waals surface area contributed by atoms with Crippen LogP contribution in [0.3, 0.4) is 0 Å². The smallest absolute Gasteiger partial charge is 0.253 e. The van der Waals surface area contributed by atoms with Gasteiger partial charge in [0, 0.05) is 43.8 Å². The van der Waals surface area contributed by atoms with Gasteiger partial charge < -0.3 is 29.4 Å². The first kappa shape index (κ1) is 21.1. The molecule has 1 aliphatic heterocycles. The van der Waals surface area contributed by atoms with Crippen LogP contribution in [-0.4, -0.2) is 42.1 Å². The van der Waals surface area contributed by atoms with Gasteiger partial charge in [-0.2, -0.15) is 0 Å². The maximum absolute atomic E-state index is 12.8. The number of aromatic nitrogens is 1. The zero-order valence-electron chi connectivity index (χ0n) is 17.3. The summed E-state index contributed by atoms with van der Waals surface area (Å²) in [4.78, 5) is 17.8. The van der Waals surface area contributed by atoms with E-state index >= 15 is 0 Å². The van der Waals surface area contributed by atoms with Crippen molar-refractivity contribution in [2.24, 2.45) is 0 Å². The Balaban J connectivity index is 1.58. The molecule has 0 fully saturated rings. The van der Waals surface area contributed by atoms with Gasteiger partial charge in [-0.25, -0.2) is 0 Å². The number of rotatable bonds is 8. The molecule has 1 aliphatic rings. The van der Waals surface area contributed by atoms with Gasteiger partial charge in [0.15, 0.2) is 16.6 Å². The van der Waals surface area contributed by atoms with Gasteiger partial charge in [-0.05, 0) is 36.3 Å². The number of fused-ring (bicyclic) bond motifs is 2. The molecule has 7 nitrogen and oxygen atoms in total. The molecule has 0 radical (unpaired) electrons. The highest BCUT2D eigenvalue weighted by Crippen LogP contribution is 2.35. The second-order valence-corrected chi connectivity index (χ2v) is 7.72. The van der Waals surface area contributed by atoms with Crippen molar-refractivity contribution in [2.45, 2.75) is 19.5 Å². The van der Waals surface area contributed by atoms with Crippen molar-refractivity contribution in [1.82, 2.24) is 15.2 Å². The normalized spacial score (nSPS) is 12.2. The summed E-state index contributed by atoms with van der Waals surface area (Å²) in [5, 5.41) is 4.77. The Morgan fingerprint density at radius 2 is 1.94 bits per heavy atom. The van der Waals surface area contributed by atoms with Crippen LogP contribution in [0.1, 0.15) is 17.5 Å². The molecule has 2 N–H and O–H groups in total. The quantitative estimate of drug-likeness (QED) is 0.412. The van der Waals surface area contributed by atoms with E-state index in [4.69, 9.17) is 26.4 Å². The van der Waals surface area contributed by atoms with E-state index in [1.807, 2.05) is 47.4 Å². The number of H-pyrrole nitrogens is 1. The van der Waals surface area contributed by atoms with Gasteiger partial charge in [0.05, 0.1) is 12.1 Å². The fourth-order valence-corrected chi connectivity index (χ4v) is 3.72. The van der Waals surface area contributed by atoms with Gasteiger partial charge >= 0.3 is 0 Å². The second kappa shape index (κ2) is 9.80. The van der Waals surface area contributed by atoms with E-state index < -0.39 is 0 Å². The van der Waals surface area contributed by atoms with E-state index in [2.05, 4.69) is 10.3 Å². The Morgan fingerprint density at radius 1 is 1.16 bits per heavy atom. The number of hydrogen-bond donors (Lipinski definition) is 2. The average Bonchev–Trinajstić information content (AvgIpc) is 3.23. The Hall–Kier alpha value is -3.10. The molecule has 0 aliphatic carbocycles. The molecule has 31 heavy (non-hydrogen) atoms. The minimum absolute atomic E-state index is 0.147. The van der Waals surface area contributed by atoms with Crippen LogP contribution in [0, 0.1) is 0 Å². The van der Waals surface area contributed by atoms with Crippen molar-refractivity contribution in [3.8, 4) is 11.5 Å². The predicted molar refractivity (Wildman–Crippen MR) is 123 cm³/mol. The Labute approximate surface area is 185 Å². The molecule has 2 aromatic carbocycles. The maximum Gasteiger partial charge on any atom is 0.253 e. The van der Waals surface area contributed by atoms with E-state index in [1.165, 1.54) is 0 Å². The number of benzene rings is 2. The molecular weight excluding hydrogens is 414 g/mol. The van der Waals surface area contributed by atoms with Gasteiger partial charge in [0.25, 0.3) is 5.56 Å². The first-order chi connectivity index (χ1) is 15.1. The van der Waals surface area contributed by atoms with Crippen LogP contribution in [0.25, 0.3) is 10.9 Å². The van der Waals surface area contributed by atoms with Crippen LogP contribution in [-0.2, 0) is 17.8 Å². The number of pyridine rings is 1. The van der Waals surface area contributed by atoms with Crippen LogP contribution in [0.2, 0.25) is 0 Å². The summed E-state index contributed by atoms with van der Waals surface area (Å²) in [5.41, 5.74) is 2.31. The standard InChI is InChI=1S/C23H25N3O4S/c1-28-9-5-8-24-23(31)26(13-16-6-3-2-4-7-16)14-18-10-17-11-20-21(30-15-29-20)12-19(17)25-22(18)27/h2-4,6-7,10-12H,5,8-9,13-15H2,1H3,(H,24,31)(H,25,27). The zero-order valence-corrected chi connectivity index (χ0v) is 18.2. The largest absolute Gasteiger partial charge is 0.454 e. The molecule has 2 heterocycles. The summed E-state index contributed by atoms with van der Waals surface area (Å²) < 4.78 is 16.0. The summed E-state index contributed by atoms with van der Waals surface area (Å²) >= 11 is 5.65. The lowest BCUT2D eigenvalue weighted by atomic mass is 10.1. The minimum atomic E-state index is -0.147. The predicted octanol–water partition coefficient (Wildman–Crippen LogP) is 3.17. The lowest BCUT2D eigenvalue weighted by molar-refractivity contribution is 0.174. The Kier molecular flexibility index (Phi) is 6.69. The third-order valence-electron chi connectivity index (χ3n) is 5.08. The van der Waals surface area contributed by atoms with Crippen molar-refractivity contribution < 1.29 is 14.2 Å². The van der Waals surface area contributed by atoms with Crippen LogP contribution >= 0.6 is 12.2 Å². The highest BCUT2D eigenvalue weighted by atomic mass is 32.1. The molecule has 4 rings (SSSR count). The third-order valence-corrected chi connectivity index (χ3v) is 5.48. The van der Waals surface area contributed by atoms with Crippen LogP contribution in [0.5, 0.6) is 11.5 Å². The SMILES string of the molecule is COCCCNC(=S)N(Cc1ccccc1)Cc1cc2cc3c(cc2[nH]c1=O)OCO3. The molecule has 0 amide bonds. The van der Waals surface area contributed by atoms with Crippen LogP contribution in [0.4, 0.5) is 0 Å². The summed E-state index contributed by atoms with van der Waals surface area (Å²) in [7, 11) is 1.68. The van der Waals surface area contributed by atoms with Crippen molar-refractivity contribution in [3.63, 3.8) is 0 Å². The Bertz CT molecular complexity index is 1120. The summed E-state index contributed by atoms with van der Waals surface area (Å²) in [6.07, 6.45) is 0.847. The monoisotopic (exact) mass is 439 g/mol. The number of nitrogens with zero attached hydrogens (tertiary/aromatic N) is 1. The van der Waals surface area contributed by atoms with Crippen LogP contribution in [0.15, 0.2) is 53.3 Å². The third kappa shape index (κ3) is 5.15. The molecule has 0 saturated heterocycles. The van der Waals surface area contributed by atoms with E-state index in [-0.39, 0.29) is 12.4 Å². The van der Waals surface area contributed by atoms with E-state index in [9.17, 15) is 4.79 Å². The number of aromatic amines is 1. The minimum Gasteiger partial charge on any atom is -0.454 e. The topological polar surface area (TPSA) is 75.8 Å². The molecule has 3 aromatic rings. The van der Waals surface area contributed by atoms with Crippen molar-refractivity contribution in [2.75, 3.05) is 27.1 Å². The molecule has 0 spiro atoms. The first-order valence-corrected chi connectivity index (χ1v) is 10.6. The molecular formula is C23H25N3O4S. The van der Waals surface area contributed by atoms with Gasteiger partial charge in [-0.15, -0.1) is 0 Å². The molecule has 162 valence electrons. The van der Waals surface area contributed by atoms with E-state index in [1.54, 1.807) is 13.2 Å². The van der Waals surface area contributed by atoms with Gasteiger partial charge in [-0.1, -0.05) is 30.3 Å².